The van der Waals surface area contributed by atoms with Crippen molar-refractivity contribution in [3.8, 4) is 0 Å². The summed E-state index contributed by atoms with van der Waals surface area (Å²) in [5.41, 5.74) is 0. The second-order valence-corrected chi connectivity index (χ2v) is 2.42. The Morgan fingerprint density at radius 1 is 1.67 bits per heavy atom. The maximum Gasteiger partial charge on any atom is 0.183 e. The molecule has 2 N–H and O–H groups in total. The van der Waals surface area contributed by atoms with E-state index in [-0.39, 0.29) is 18.8 Å². The smallest absolute Gasteiger partial charge is 0.183 e. The number of hydrogen-bond acceptors (Lipinski definition) is 3. The number of aliphatic hydroxyl groups excluding tert-OH is 2. The first-order chi connectivity index (χ1) is 4.24. The van der Waals surface area contributed by atoms with E-state index in [0.29, 0.717) is 13.0 Å². The number of aliphatic hydroxyl groups is 2. The van der Waals surface area contributed by atoms with E-state index in [9.17, 15) is 0 Å². The second-order valence-electron chi connectivity index (χ2n) is 2.42. The zero-order valence-electron chi connectivity index (χ0n) is 5.20. The maximum absolute atomic E-state index is 8.97. The molecular formula is C5H10BNO2. The molecule has 2 atom stereocenters. The van der Waals surface area contributed by atoms with Crippen molar-refractivity contribution in [3.63, 3.8) is 0 Å². The Morgan fingerprint density at radius 2 is 2.33 bits per heavy atom. The van der Waals surface area contributed by atoms with Gasteiger partial charge in [0.1, 0.15) is 0 Å². The summed E-state index contributed by atoms with van der Waals surface area (Å²) in [7, 11) is 5.39. The van der Waals surface area contributed by atoms with Crippen LogP contribution in [0.5, 0.6) is 0 Å². The normalized spacial score (nSPS) is 37.6. The van der Waals surface area contributed by atoms with Crippen molar-refractivity contribution >= 4 is 7.98 Å². The number of rotatable bonds is 1. The fraction of sp³-hybridized carbons (Fsp3) is 1.00. The molecule has 0 aliphatic carbocycles. The van der Waals surface area contributed by atoms with Gasteiger partial charge in [0.15, 0.2) is 7.98 Å². The van der Waals surface area contributed by atoms with E-state index in [0.717, 1.165) is 0 Å². The monoisotopic (exact) mass is 127 g/mol. The van der Waals surface area contributed by atoms with E-state index in [4.69, 9.17) is 18.2 Å². The van der Waals surface area contributed by atoms with Gasteiger partial charge in [0.05, 0.1) is 12.7 Å². The van der Waals surface area contributed by atoms with E-state index in [1.54, 1.807) is 0 Å². The van der Waals surface area contributed by atoms with Gasteiger partial charge in [-0.2, -0.15) is 0 Å². The fourth-order valence-corrected chi connectivity index (χ4v) is 1.10. The molecule has 0 aromatic heterocycles. The Bertz CT molecular complexity index is 101. The molecule has 50 valence electrons. The van der Waals surface area contributed by atoms with Crippen LogP contribution >= 0.6 is 0 Å². The summed E-state index contributed by atoms with van der Waals surface area (Å²) in [5, 5.41) is 17.6. The average molecular weight is 127 g/mol. The minimum atomic E-state index is -0.354. The van der Waals surface area contributed by atoms with Crippen LogP contribution in [0.2, 0.25) is 0 Å². The van der Waals surface area contributed by atoms with Gasteiger partial charge in [-0.05, 0) is 6.42 Å². The van der Waals surface area contributed by atoms with Crippen LogP contribution in [-0.2, 0) is 0 Å². The van der Waals surface area contributed by atoms with E-state index in [1.807, 2.05) is 0 Å². The molecule has 0 aromatic rings. The lowest BCUT2D eigenvalue weighted by Crippen LogP contribution is -2.29. The molecule has 1 fully saturated rings. The molecule has 3 nitrogen and oxygen atoms in total. The minimum absolute atomic E-state index is 0.0353. The number of nitrogens with zero attached hydrogens (tertiary/aromatic N) is 1. The predicted octanol–water partition coefficient (Wildman–Crippen LogP) is -1.50. The maximum atomic E-state index is 8.97. The van der Waals surface area contributed by atoms with Gasteiger partial charge in [-0.25, -0.2) is 0 Å². The molecule has 0 spiro atoms. The van der Waals surface area contributed by atoms with Crippen LogP contribution in [0.15, 0.2) is 0 Å². The highest BCUT2D eigenvalue weighted by atomic mass is 16.3. The molecule has 2 radical (unpaired) electrons. The quantitative estimate of drug-likeness (QED) is 0.421. The topological polar surface area (TPSA) is 43.7 Å². The van der Waals surface area contributed by atoms with Gasteiger partial charge in [0, 0.05) is 12.6 Å². The van der Waals surface area contributed by atoms with Crippen LogP contribution < -0.4 is 0 Å². The number of β-amino-alcohol motifs (C(OH)–C–C–N with tert-alkyl or cyclic N) is 1. The first-order valence-corrected chi connectivity index (χ1v) is 3.04. The Hall–Kier alpha value is -0.0551. The Kier molecular flexibility index (Phi) is 2.11. The summed E-state index contributed by atoms with van der Waals surface area (Å²) in [4.78, 5) is 1.48. The summed E-state index contributed by atoms with van der Waals surface area (Å²) in [6.07, 6.45) is 0.236. The Morgan fingerprint density at radius 3 is 2.56 bits per heavy atom. The molecule has 0 amide bonds. The highest BCUT2D eigenvalue weighted by Gasteiger charge is 2.26. The van der Waals surface area contributed by atoms with E-state index in [1.165, 1.54) is 4.81 Å². The first-order valence-electron chi connectivity index (χ1n) is 3.04. The lowest BCUT2D eigenvalue weighted by Gasteiger charge is -2.15. The number of hydrogen-bond donors (Lipinski definition) is 2. The highest BCUT2D eigenvalue weighted by molar-refractivity contribution is 6.04. The minimum Gasteiger partial charge on any atom is -0.395 e. The van der Waals surface area contributed by atoms with Crippen molar-refractivity contribution < 1.29 is 10.2 Å². The predicted molar refractivity (Wildman–Crippen MR) is 34.0 cm³/mol. The average Bonchev–Trinajstić information content (AvgIpc) is 2.10. The van der Waals surface area contributed by atoms with Crippen LogP contribution in [0.3, 0.4) is 0 Å². The van der Waals surface area contributed by atoms with Gasteiger partial charge in [-0.3, -0.25) is 0 Å². The van der Waals surface area contributed by atoms with Gasteiger partial charge >= 0.3 is 0 Å². The van der Waals surface area contributed by atoms with Crippen molar-refractivity contribution in [2.75, 3.05) is 13.2 Å². The molecule has 1 rings (SSSR count). The molecule has 0 aromatic carbocycles. The fourth-order valence-electron chi connectivity index (χ4n) is 1.10. The zero-order chi connectivity index (χ0) is 6.85. The van der Waals surface area contributed by atoms with Gasteiger partial charge in [-0.15, -0.1) is 0 Å². The third kappa shape index (κ3) is 1.44. The molecule has 4 heteroatoms. The van der Waals surface area contributed by atoms with Crippen LogP contribution in [0, 0.1) is 0 Å². The Labute approximate surface area is 55.7 Å². The lowest BCUT2D eigenvalue weighted by atomic mass is 10.2. The third-order valence-electron chi connectivity index (χ3n) is 1.65. The molecule has 1 aliphatic rings. The van der Waals surface area contributed by atoms with Crippen LogP contribution in [-0.4, -0.2) is 48.3 Å². The second kappa shape index (κ2) is 2.69. The molecule has 9 heavy (non-hydrogen) atoms. The summed E-state index contributed by atoms with van der Waals surface area (Å²) < 4.78 is 0. The van der Waals surface area contributed by atoms with E-state index in [2.05, 4.69) is 0 Å². The van der Waals surface area contributed by atoms with E-state index >= 15 is 0 Å². The Balaban J connectivity index is 2.38. The summed E-state index contributed by atoms with van der Waals surface area (Å²) in [6, 6.07) is -0.0417. The summed E-state index contributed by atoms with van der Waals surface area (Å²) in [6.45, 7) is 0.513. The SMILES string of the molecule is [B]N1C[C@@H](O)C[C@@H]1CO. The molecule has 1 heterocycles. The van der Waals surface area contributed by atoms with E-state index < -0.39 is 0 Å². The van der Waals surface area contributed by atoms with Crippen molar-refractivity contribution in [3.05, 3.63) is 0 Å². The molecule has 1 aliphatic heterocycles. The van der Waals surface area contributed by atoms with Crippen molar-refractivity contribution in [1.29, 1.82) is 0 Å². The van der Waals surface area contributed by atoms with Crippen LogP contribution in [0.25, 0.3) is 0 Å². The third-order valence-corrected chi connectivity index (χ3v) is 1.65. The highest BCUT2D eigenvalue weighted by Crippen LogP contribution is 2.13. The molecule has 0 bridgehead atoms. The molecule has 0 unspecified atom stereocenters. The standard InChI is InChI=1S/C5H10BNO2/c6-7-2-5(9)1-4(7)3-8/h4-5,8-9H,1-3H2/t4-,5+/m1/s1. The first kappa shape index (κ1) is 7.06. The van der Waals surface area contributed by atoms with Gasteiger partial charge in [0.2, 0.25) is 0 Å². The summed E-state index contributed by atoms with van der Waals surface area (Å²) >= 11 is 0. The lowest BCUT2D eigenvalue weighted by molar-refractivity contribution is 0.184. The van der Waals surface area contributed by atoms with Crippen molar-refractivity contribution in [2.45, 2.75) is 18.6 Å². The van der Waals surface area contributed by atoms with Gasteiger partial charge in [-0.1, -0.05) is 0 Å². The molecular weight excluding hydrogens is 117 g/mol. The van der Waals surface area contributed by atoms with Crippen molar-refractivity contribution in [1.82, 2.24) is 4.81 Å². The van der Waals surface area contributed by atoms with Gasteiger partial charge < -0.3 is 15.0 Å². The van der Waals surface area contributed by atoms with Crippen molar-refractivity contribution in [2.24, 2.45) is 0 Å². The van der Waals surface area contributed by atoms with Crippen LogP contribution in [0.1, 0.15) is 6.42 Å². The van der Waals surface area contributed by atoms with Gasteiger partial charge in [0.25, 0.3) is 0 Å². The molecule has 0 saturated carbocycles. The largest absolute Gasteiger partial charge is 0.395 e. The van der Waals surface area contributed by atoms with Crippen LogP contribution in [0.4, 0.5) is 0 Å². The summed E-state index contributed by atoms with van der Waals surface area (Å²) in [5.74, 6) is 0. The molecule has 1 saturated heterocycles. The zero-order valence-corrected chi connectivity index (χ0v) is 5.20.